The van der Waals surface area contributed by atoms with Gasteiger partial charge in [-0.15, -0.1) is 5.10 Å². The molecule has 4 rings (SSSR count). The molecule has 0 bridgehead atoms. The van der Waals surface area contributed by atoms with Crippen LogP contribution in [-0.2, 0) is 6.42 Å². The molecule has 1 aliphatic rings. The SMILES string of the molecule is COc1ccc(C2CC(=O)c3cn4nc(SC)nc4nc3C2)cc1OC. The predicted octanol–water partition coefficient (Wildman–Crippen LogP) is 2.78. The fourth-order valence-corrected chi connectivity index (χ4v) is 3.64. The van der Waals surface area contributed by atoms with E-state index >= 15 is 0 Å². The van der Waals surface area contributed by atoms with Crippen LogP contribution in [0.1, 0.15) is 34.0 Å². The number of fused-ring (bicyclic) bond motifs is 2. The minimum atomic E-state index is 0.0488. The predicted molar refractivity (Wildman–Crippen MR) is 97.5 cm³/mol. The van der Waals surface area contributed by atoms with E-state index in [4.69, 9.17) is 9.47 Å². The molecule has 1 unspecified atom stereocenters. The summed E-state index contributed by atoms with van der Waals surface area (Å²) in [6.45, 7) is 0. The van der Waals surface area contributed by atoms with Crippen LogP contribution in [0.15, 0.2) is 29.6 Å². The number of thioether (sulfide) groups is 1. The summed E-state index contributed by atoms with van der Waals surface area (Å²) in [5, 5.41) is 4.96. The molecule has 0 amide bonds. The molecule has 1 atom stereocenters. The molecular weight excluding hydrogens is 352 g/mol. The largest absolute Gasteiger partial charge is 0.493 e. The highest BCUT2D eigenvalue weighted by Gasteiger charge is 2.29. The van der Waals surface area contributed by atoms with Gasteiger partial charge in [-0.05, 0) is 36.3 Å². The van der Waals surface area contributed by atoms with Crippen molar-refractivity contribution in [2.24, 2.45) is 0 Å². The van der Waals surface area contributed by atoms with Gasteiger partial charge in [-0.25, -0.2) is 9.50 Å². The molecule has 0 radical (unpaired) electrons. The summed E-state index contributed by atoms with van der Waals surface area (Å²) in [4.78, 5) is 21.7. The Labute approximate surface area is 154 Å². The van der Waals surface area contributed by atoms with Gasteiger partial charge < -0.3 is 9.47 Å². The normalized spacial score (nSPS) is 16.6. The van der Waals surface area contributed by atoms with Crippen molar-refractivity contribution in [3.05, 3.63) is 41.2 Å². The third kappa shape index (κ3) is 2.80. The number of carbonyl (C=O) groups is 1. The smallest absolute Gasteiger partial charge is 0.253 e. The third-order valence-electron chi connectivity index (χ3n) is 4.62. The number of ether oxygens (including phenoxy) is 2. The van der Waals surface area contributed by atoms with Crippen LogP contribution in [0.25, 0.3) is 5.78 Å². The van der Waals surface area contributed by atoms with Crippen molar-refractivity contribution in [2.75, 3.05) is 20.5 Å². The number of hydrogen-bond acceptors (Lipinski definition) is 7. The van der Waals surface area contributed by atoms with Crippen LogP contribution in [0.4, 0.5) is 0 Å². The maximum absolute atomic E-state index is 12.7. The number of nitrogens with zero attached hydrogens (tertiary/aromatic N) is 4. The van der Waals surface area contributed by atoms with Crippen molar-refractivity contribution in [2.45, 2.75) is 23.9 Å². The minimum absolute atomic E-state index is 0.0488. The number of Topliss-reactive ketones (excluding diaryl/α,β-unsaturated/α-hetero) is 1. The highest BCUT2D eigenvalue weighted by Crippen LogP contribution is 2.36. The molecule has 0 N–H and O–H groups in total. The zero-order valence-electron chi connectivity index (χ0n) is 14.7. The van der Waals surface area contributed by atoms with E-state index in [9.17, 15) is 4.79 Å². The molecule has 2 aromatic heterocycles. The number of benzene rings is 1. The van der Waals surface area contributed by atoms with Crippen LogP contribution < -0.4 is 9.47 Å². The van der Waals surface area contributed by atoms with Crippen molar-refractivity contribution in [3.63, 3.8) is 0 Å². The van der Waals surface area contributed by atoms with E-state index in [1.807, 2.05) is 24.5 Å². The highest BCUT2D eigenvalue weighted by atomic mass is 32.2. The van der Waals surface area contributed by atoms with Crippen LogP contribution >= 0.6 is 11.8 Å². The number of aromatic nitrogens is 4. The Hall–Kier alpha value is -2.61. The lowest BCUT2D eigenvalue weighted by atomic mass is 9.82. The Kier molecular flexibility index (Phi) is 4.28. The lowest BCUT2D eigenvalue weighted by Crippen LogP contribution is -2.21. The van der Waals surface area contributed by atoms with Crippen molar-refractivity contribution < 1.29 is 14.3 Å². The molecule has 1 aromatic carbocycles. The first-order valence-electron chi connectivity index (χ1n) is 8.18. The molecule has 1 aliphatic carbocycles. The Morgan fingerprint density at radius 1 is 1.15 bits per heavy atom. The number of rotatable bonds is 4. The summed E-state index contributed by atoms with van der Waals surface area (Å²) in [5.41, 5.74) is 2.44. The first-order valence-corrected chi connectivity index (χ1v) is 9.40. The zero-order valence-corrected chi connectivity index (χ0v) is 15.5. The summed E-state index contributed by atoms with van der Waals surface area (Å²) in [5.74, 6) is 1.98. The molecule has 26 heavy (non-hydrogen) atoms. The van der Waals surface area contributed by atoms with Gasteiger partial charge >= 0.3 is 0 Å². The Bertz CT molecular complexity index is 1000. The van der Waals surface area contributed by atoms with Gasteiger partial charge in [0.05, 0.1) is 25.5 Å². The fraction of sp³-hybridized carbons (Fsp3) is 0.333. The molecular formula is C18H18N4O3S. The third-order valence-corrected chi connectivity index (χ3v) is 5.16. The van der Waals surface area contributed by atoms with Gasteiger partial charge in [0.2, 0.25) is 5.16 Å². The first kappa shape index (κ1) is 16.8. The average molecular weight is 370 g/mol. The molecule has 134 valence electrons. The Morgan fingerprint density at radius 2 is 1.96 bits per heavy atom. The van der Waals surface area contributed by atoms with Crippen molar-refractivity contribution in [1.82, 2.24) is 19.6 Å². The van der Waals surface area contributed by atoms with E-state index in [1.54, 1.807) is 24.9 Å². The molecule has 3 aromatic rings. The average Bonchev–Trinajstić information content (AvgIpc) is 3.08. The minimum Gasteiger partial charge on any atom is -0.493 e. The summed E-state index contributed by atoms with van der Waals surface area (Å²) < 4.78 is 12.3. The van der Waals surface area contributed by atoms with Gasteiger partial charge in [0.25, 0.3) is 5.78 Å². The van der Waals surface area contributed by atoms with Crippen LogP contribution in [0.2, 0.25) is 0 Å². The van der Waals surface area contributed by atoms with E-state index in [1.165, 1.54) is 11.8 Å². The molecule has 7 nitrogen and oxygen atoms in total. The van der Waals surface area contributed by atoms with Gasteiger partial charge in [-0.2, -0.15) is 4.98 Å². The lowest BCUT2D eigenvalue weighted by Gasteiger charge is -2.23. The van der Waals surface area contributed by atoms with Gasteiger partial charge in [0.1, 0.15) is 0 Å². The molecule has 2 heterocycles. The van der Waals surface area contributed by atoms with Gasteiger partial charge in [0.15, 0.2) is 17.3 Å². The van der Waals surface area contributed by atoms with Crippen molar-refractivity contribution in [1.29, 1.82) is 0 Å². The maximum atomic E-state index is 12.7. The molecule has 0 fully saturated rings. The van der Waals surface area contributed by atoms with Gasteiger partial charge in [-0.3, -0.25) is 4.79 Å². The monoisotopic (exact) mass is 370 g/mol. The molecule has 0 aliphatic heterocycles. The standard InChI is InChI=1S/C18H18N4O3S/c1-24-15-5-4-10(8-16(15)25-2)11-6-13-12(14(23)7-11)9-22-17(19-13)20-18(21-22)26-3/h4-5,8-9,11H,6-7H2,1-3H3. The number of methoxy groups -OCH3 is 2. The molecule has 0 saturated carbocycles. The van der Waals surface area contributed by atoms with E-state index in [2.05, 4.69) is 15.1 Å². The van der Waals surface area contributed by atoms with Gasteiger partial charge in [-0.1, -0.05) is 17.8 Å². The molecule has 8 heteroatoms. The number of ketones is 1. The second-order valence-corrected chi connectivity index (χ2v) is 6.86. The Morgan fingerprint density at radius 3 is 2.69 bits per heavy atom. The topological polar surface area (TPSA) is 78.6 Å². The van der Waals surface area contributed by atoms with E-state index in [0.29, 0.717) is 40.8 Å². The van der Waals surface area contributed by atoms with Crippen molar-refractivity contribution >= 4 is 23.3 Å². The molecule has 0 spiro atoms. The van der Waals surface area contributed by atoms with E-state index in [0.717, 1.165) is 11.3 Å². The van der Waals surface area contributed by atoms with Crippen LogP contribution in [0.5, 0.6) is 11.5 Å². The first-order chi connectivity index (χ1) is 12.6. The van der Waals surface area contributed by atoms with Crippen LogP contribution in [-0.4, -0.2) is 45.8 Å². The summed E-state index contributed by atoms with van der Waals surface area (Å²) in [6, 6.07) is 5.78. The van der Waals surface area contributed by atoms with Crippen LogP contribution in [0.3, 0.4) is 0 Å². The van der Waals surface area contributed by atoms with Crippen LogP contribution in [0, 0.1) is 0 Å². The van der Waals surface area contributed by atoms with Crippen molar-refractivity contribution in [3.8, 4) is 11.5 Å². The maximum Gasteiger partial charge on any atom is 0.253 e. The second kappa shape index (κ2) is 6.60. The summed E-state index contributed by atoms with van der Waals surface area (Å²) in [6.07, 6.45) is 4.76. The Balaban J connectivity index is 1.72. The zero-order chi connectivity index (χ0) is 18.3. The summed E-state index contributed by atoms with van der Waals surface area (Å²) >= 11 is 1.45. The summed E-state index contributed by atoms with van der Waals surface area (Å²) in [7, 11) is 3.21. The lowest BCUT2D eigenvalue weighted by molar-refractivity contribution is 0.0962. The quantitative estimate of drug-likeness (QED) is 0.653. The van der Waals surface area contributed by atoms with Gasteiger partial charge in [0, 0.05) is 12.6 Å². The highest BCUT2D eigenvalue weighted by molar-refractivity contribution is 7.98. The molecule has 0 saturated heterocycles. The fourth-order valence-electron chi connectivity index (χ4n) is 3.29. The number of carbonyl (C=O) groups excluding carboxylic acids is 1. The second-order valence-electron chi connectivity index (χ2n) is 6.09. The van der Waals surface area contributed by atoms with E-state index < -0.39 is 0 Å². The van der Waals surface area contributed by atoms with E-state index in [-0.39, 0.29) is 11.7 Å². The number of hydrogen-bond donors (Lipinski definition) is 0.